The summed E-state index contributed by atoms with van der Waals surface area (Å²) in [6.45, 7) is 3.78. The van der Waals surface area contributed by atoms with Gasteiger partial charge in [-0.15, -0.1) is 0 Å². The predicted octanol–water partition coefficient (Wildman–Crippen LogP) is 5.87. The third-order valence-corrected chi connectivity index (χ3v) is 9.75. The topological polar surface area (TPSA) is 115 Å². The van der Waals surface area contributed by atoms with Gasteiger partial charge in [0.1, 0.15) is 5.15 Å². The molecule has 1 N–H and O–H groups in total. The Morgan fingerprint density at radius 3 is 2.18 bits per heavy atom. The number of carboxylic acids is 1. The molecule has 210 valence electrons. The van der Waals surface area contributed by atoms with Crippen LogP contribution in [0.15, 0.2) is 18.6 Å². The van der Waals surface area contributed by atoms with Gasteiger partial charge in [-0.05, 0) is 65.2 Å². The Kier molecular flexibility index (Phi) is 7.50. The van der Waals surface area contributed by atoms with Crippen molar-refractivity contribution in [1.29, 1.82) is 0 Å². The van der Waals surface area contributed by atoms with E-state index in [1.54, 1.807) is 11.6 Å². The van der Waals surface area contributed by atoms with Crippen LogP contribution < -0.4 is 0 Å². The van der Waals surface area contributed by atoms with Crippen LogP contribution in [-0.4, -0.2) is 66.7 Å². The number of rotatable bonds is 8. The van der Waals surface area contributed by atoms with E-state index in [4.69, 9.17) is 39.5 Å². The third-order valence-electron chi connectivity index (χ3n) is 8.80. The number of aromatic nitrogens is 3. The average Bonchev–Trinajstić information content (AvgIpc) is 3.53. The average molecular weight is 598 g/mol. The minimum Gasteiger partial charge on any atom is -0.481 e. The van der Waals surface area contributed by atoms with Gasteiger partial charge in [-0.25, -0.2) is 0 Å². The number of hydrogen-bond acceptors (Lipinski definition) is 6. The first kappa shape index (κ1) is 28.3. The molecule has 1 aliphatic carbocycles. The fourth-order valence-electron chi connectivity index (χ4n) is 6.24. The zero-order valence-electron chi connectivity index (χ0n) is 21.9. The van der Waals surface area contributed by atoms with Crippen LogP contribution in [0.3, 0.4) is 0 Å². The minimum atomic E-state index is -0.811. The molecule has 5 rings (SSSR count). The highest BCUT2D eigenvalue weighted by Crippen LogP contribution is 2.51. The van der Waals surface area contributed by atoms with Crippen molar-refractivity contribution in [3.8, 4) is 0 Å². The van der Waals surface area contributed by atoms with Gasteiger partial charge < -0.3 is 14.7 Å². The van der Waals surface area contributed by atoms with Gasteiger partial charge in [0.25, 0.3) is 5.91 Å². The van der Waals surface area contributed by atoms with Gasteiger partial charge in [-0.1, -0.05) is 34.8 Å². The van der Waals surface area contributed by atoms with Gasteiger partial charge in [0.05, 0.1) is 63.1 Å². The molecule has 2 aromatic heterocycles. The SMILES string of the molecule is CC1(C(=O)O)CCC(n2ncc(C(=O)N(CC(=O)c3c(Cl)cncc3Cl)C[C@]34CC[C@@](C)(CC3)O4)c2Cl)CC1. The number of hydrogen-bond donors (Lipinski definition) is 1. The Labute approximate surface area is 241 Å². The second-order valence-corrected chi connectivity index (χ2v) is 12.9. The third kappa shape index (κ3) is 5.31. The molecule has 0 spiro atoms. The van der Waals surface area contributed by atoms with Crippen LogP contribution in [0.2, 0.25) is 15.2 Å². The normalized spacial score (nSPS) is 29.9. The molecule has 2 bridgehead atoms. The number of ketones is 1. The molecule has 2 saturated heterocycles. The van der Waals surface area contributed by atoms with Crippen molar-refractivity contribution in [3.05, 3.63) is 44.9 Å². The molecule has 0 unspecified atom stereocenters. The number of halogens is 3. The number of aliphatic carboxylic acids is 1. The van der Waals surface area contributed by atoms with Crippen LogP contribution in [0.1, 0.15) is 92.0 Å². The largest absolute Gasteiger partial charge is 0.481 e. The molecule has 9 nitrogen and oxygen atoms in total. The number of carbonyl (C=O) groups excluding carboxylic acids is 2. The summed E-state index contributed by atoms with van der Waals surface area (Å²) >= 11 is 19.2. The van der Waals surface area contributed by atoms with Crippen molar-refractivity contribution in [2.75, 3.05) is 13.1 Å². The maximum atomic E-state index is 14.0. The summed E-state index contributed by atoms with van der Waals surface area (Å²) in [7, 11) is 0. The van der Waals surface area contributed by atoms with Crippen molar-refractivity contribution < 1.29 is 24.2 Å². The monoisotopic (exact) mass is 596 g/mol. The van der Waals surface area contributed by atoms with Crippen LogP contribution >= 0.6 is 34.8 Å². The van der Waals surface area contributed by atoms with Gasteiger partial charge in [0, 0.05) is 12.4 Å². The molecule has 2 aromatic rings. The van der Waals surface area contributed by atoms with Crippen LogP contribution in [0.25, 0.3) is 0 Å². The zero-order chi connectivity index (χ0) is 28.2. The highest BCUT2D eigenvalue weighted by molar-refractivity contribution is 6.39. The van der Waals surface area contributed by atoms with Gasteiger partial charge in [-0.2, -0.15) is 5.10 Å². The van der Waals surface area contributed by atoms with E-state index in [-0.39, 0.29) is 51.1 Å². The van der Waals surface area contributed by atoms with E-state index >= 15 is 0 Å². The molecule has 1 amide bonds. The van der Waals surface area contributed by atoms with Gasteiger partial charge >= 0.3 is 5.97 Å². The first-order valence-electron chi connectivity index (χ1n) is 13.1. The van der Waals surface area contributed by atoms with Gasteiger partial charge in [0.15, 0.2) is 5.78 Å². The molecule has 0 atom stereocenters. The lowest BCUT2D eigenvalue weighted by Gasteiger charge is -2.34. The summed E-state index contributed by atoms with van der Waals surface area (Å²) in [6, 6.07) is -0.122. The number of ether oxygens (including phenoxy) is 1. The molecule has 3 fully saturated rings. The van der Waals surface area contributed by atoms with E-state index in [1.807, 2.05) is 0 Å². The minimum absolute atomic E-state index is 0.109. The van der Waals surface area contributed by atoms with Crippen molar-refractivity contribution in [2.45, 2.75) is 82.5 Å². The summed E-state index contributed by atoms with van der Waals surface area (Å²) < 4.78 is 8.00. The molecule has 2 aliphatic heterocycles. The van der Waals surface area contributed by atoms with Crippen molar-refractivity contribution in [2.24, 2.45) is 5.41 Å². The number of carboxylic acid groups (broad SMARTS) is 1. The molecule has 39 heavy (non-hydrogen) atoms. The second-order valence-electron chi connectivity index (χ2n) is 11.7. The first-order chi connectivity index (χ1) is 18.4. The lowest BCUT2D eigenvalue weighted by Crippen LogP contribution is -2.46. The maximum absolute atomic E-state index is 14.0. The predicted molar refractivity (Wildman–Crippen MR) is 146 cm³/mol. The Hall–Kier alpha value is -2.20. The molecule has 3 aliphatic rings. The van der Waals surface area contributed by atoms with E-state index in [9.17, 15) is 19.5 Å². The molecule has 12 heteroatoms. The first-order valence-corrected chi connectivity index (χ1v) is 14.3. The number of nitrogens with zero attached hydrogens (tertiary/aromatic N) is 4. The summed E-state index contributed by atoms with van der Waals surface area (Å²) in [5, 5.41) is 14.4. The highest BCUT2D eigenvalue weighted by atomic mass is 35.5. The summed E-state index contributed by atoms with van der Waals surface area (Å²) in [5.74, 6) is -1.67. The lowest BCUT2D eigenvalue weighted by molar-refractivity contribution is -0.150. The number of fused-ring (bicyclic) bond motifs is 2. The van der Waals surface area contributed by atoms with E-state index in [2.05, 4.69) is 17.0 Å². The molecule has 0 radical (unpaired) electrons. The van der Waals surface area contributed by atoms with Crippen molar-refractivity contribution >= 4 is 52.5 Å². The van der Waals surface area contributed by atoms with E-state index in [1.165, 1.54) is 23.5 Å². The van der Waals surface area contributed by atoms with Crippen LogP contribution in [0.4, 0.5) is 0 Å². The van der Waals surface area contributed by atoms with Gasteiger partial charge in [0.2, 0.25) is 0 Å². The van der Waals surface area contributed by atoms with Crippen LogP contribution in [0, 0.1) is 5.41 Å². The highest BCUT2D eigenvalue weighted by Gasteiger charge is 2.54. The van der Waals surface area contributed by atoms with Gasteiger partial charge in [-0.3, -0.25) is 24.0 Å². The van der Waals surface area contributed by atoms with Crippen molar-refractivity contribution in [3.63, 3.8) is 0 Å². The molecule has 4 heterocycles. The number of pyridine rings is 1. The van der Waals surface area contributed by atoms with Crippen LogP contribution in [0.5, 0.6) is 0 Å². The molecular weight excluding hydrogens is 567 g/mol. The molecule has 0 aromatic carbocycles. The Balaban J connectivity index is 1.40. The second kappa shape index (κ2) is 10.3. The number of Topliss-reactive ketones (excluding diaryl/α,β-unsaturated/α-hetero) is 1. The van der Waals surface area contributed by atoms with Crippen LogP contribution in [-0.2, 0) is 9.53 Å². The summed E-state index contributed by atoms with van der Waals surface area (Å²) in [4.78, 5) is 44.4. The van der Waals surface area contributed by atoms with Crippen molar-refractivity contribution in [1.82, 2.24) is 19.7 Å². The molecule has 1 saturated carbocycles. The quantitative estimate of drug-likeness (QED) is 0.378. The molecular formula is C27H31Cl3N4O5. The van der Waals surface area contributed by atoms with E-state index < -0.39 is 28.7 Å². The fraction of sp³-hybridized carbons (Fsp3) is 0.593. The van der Waals surface area contributed by atoms with E-state index in [0.717, 1.165) is 25.7 Å². The Bertz CT molecular complexity index is 1290. The Morgan fingerprint density at radius 2 is 1.64 bits per heavy atom. The summed E-state index contributed by atoms with van der Waals surface area (Å²) in [6.07, 6.45) is 9.59. The lowest BCUT2D eigenvalue weighted by atomic mass is 9.74. The number of carbonyl (C=O) groups is 3. The maximum Gasteiger partial charge on any atom is 0.309 e. The smallest absolute Gasteiger partial charge is 0.309 e. The number of amides is 1. The fourth-order valence-corrected chi connectivity index (χ4v) is 7.13. The summed E-state index contributed by atoms with van der Waals surface area (Å²) in [5.41, 5.74) is -1.25. The Morgan fingerprint density at radius 1 is 1.03 bits per heavy atom. The zero-order valence-corrected chi connectivity index (χ0v) is 24.2. The standard InChI is InChI=1S/C27H31Cl3N4O5/c1-25(24(37)38)5-3-16(4-6-25)34-22(30)17(11-32-34)23(36)33(15-27-9-7-26(2,39-27)8-10-27)14-20(35)21-18(28)12-31-13-19(21)29/h11-13,16H,3-10,14-15H2,1-2H3,(H,37,38)/t16?,25?,26-,27-. The van der Waals surface area contributed by atoms with E-state index in [0.29, 0.717) is 25.7 Å².